The van der Waals surface area contributed by atoms with E-state index in [1.807, 2.05) is 0 Å². The van der Waals surface area contributed by atoms with Gasteiger partial charge in [-0.15, -0.1) is 0 Å². The third-order valence-electron chi connectivity index (χ3n) is 2.99. The molecule has 1 rings (SSSR count). The van der Waals surface area contributed by atoms with Crippen LogP contribution in [-0.2, 0) is 19.6 Å². The van der Waals surface area contributed by atoms with E-state index < -0.39 is 16.1 Å². The van der Waals surface area contributed by atoms with Crippen molar-refractivity contribution >= 4 is 33.2 Å². The molecular weight excluding hydrogens is 328 g/mol. The van der Waals surface area contributed by atoms with E-state index in [1.165, 1.54) is 0 Å². The zero-order valence-corrected chi connectivity index (χ0v) is 14.4. The van der Waals surface area contributed by atoms with Crippen molar-refractivity contribution in [2.75, 3.05) is 30.8 Å². The minimum Gasteiger partial charge on any atom is -0.385 e. The van der Waals surface area contributed by atoms with Crippen LogP contribution in [0, 0.1) is 0 Å². The highest BCUT2D eigenvalue weighted by Gasteiger charge is 2.28. The number of sulfonamides is 1. The third-order valence-corrected chi connectivity index (χ3v) is 4.49. The fourth-order valence-corrected chi connectivity index (χ4v) is 3.27. The smallest absolute Gasteiger partial charge is 0.243 e. The summed E-state index contributed by atoms with van der Waals surface area (Å²) in [6.45, 7) is 2.50. The van der Waals surface area contributed by atoms with Crippen LogP contribution in [0.5, 0.6) is 0 Å². The first kappa shape index (κ1) is 18.7. The summed E-state index contributed by atoms with van der Waals surface area (Å²) in [5.74, 6) is -0.364. The average molecular weight is 349 g/mol. The van der Waals surface area contributed by atoms with Crippen molar-refractivity contribution in [3.05, 3.63) is 29.3 Å². The average Bonchev–Trinajstić information content (AvgIpc) is 2.44. The zero-order chi connectivity index (χ0) is 16.8. The number of nitrogens with one attached hydrogen (secondary N) is 1. The maximum absolute atomic E-state index is 12.2. The molecule has 0 radical (unpaired) electrons. The Morgan fingerprint density at radius 1 is 1.36 bits per heavy atom. The second-order valence-corrected chi connectivity index (χ2v) is 7.14. The van der Waals surface area contributed by atoms with Crippen molar-refractivity contribution in [2.24, 2.45) is 0 Å². The minimum atomic E-state index is -3.61. The molecule has 0 bridgehead atoms. The summed E-state index contributed by atoms with van der Waals surface area (Å²) in [6, 6.07) is 5.44. The van der Waals surface area contributed by atoms with Crippen LogP contribution in [0.2, 0.25) is 5.02 Å². The van der Waals surface area contributed by atoms with E-state index in [2.05, 4.69) is 5.32 Å². The number of anilines is 1. The lowest BCUT2D eigenvalue weighted by atomic mass is 10.2. The maximum atomic E-state index is 12.2. The fraction of sp³-hybridized carbons (Fsp3) is 0.500. The van der Waals surface area contributed by atoms with Gasteiger partial charge in [0.05, 0.1) is 11.9 Å². The van der Waals surface area contributed by atoms with E-state index in [4.69, 9.17) is 16.3 Å². The maximum Gasteiger partial charge on any atom is 0.243 e. The van der Waals surface area contributed by atoms with Crippen molar-refractivity contribution in [1.29, 1.82) is 0 Å². The second-order valence-electron chi connectivity index (χ2n) is 4.85. The molecule has 0 heterocycles. The number of rotatable bonds is 8. The summed E-state index contributed by atoms with van der Waals surface area (Å²) in [5, 5.41) is 3.19. The zero-order valence-electron chi connectivity index (χ0n) is 12.9. The van der Waals surface area contributed by atoms with Gasteiger partial charge in [-0.1, -0.05) is 11.6 Å². The van der Waals surface area contributed by atoms with Gasteiger partial charge in [-0.3, -0.25) is 9.10 Å². The minimum absolute atomic E-state index is 0.364. The lowest BCUT2D eigenvalue weighted by Crippen LogP contribution is -2.48. The van der Waals surface area contributed by atoms with Crippen LogP contribution in [0.4, 0.5) is 5.69 Å². The highest BCUT2D eigenvalue weighted by Crippen LogP contribution is 2.22. The van der Waals surface area contributed by atoms with E-state index in [0.717, 1.165) is 10.6 Å². The van der Waals surface area contributed by atoms with Crippen LogP contribution in [0.3, 0.4) is 0 Å². The number of hydrogen-bond donors (Lipinski definition) is 1. The Balaban J connectivity index is 2.88. The van der Waals surface area contributed by atoms with Crippen LogP contribution in [0.1, 0.15) is 13.3 Å². The van der Waals surface area contributed by atoms with Gasteiger partial charge in [-0.2, -0.15) is 0 Å². The molecule has 124 valence electrons. The summed E-state index contributed by atoms with van der Waals surface area (Å²) in [7, 11) is -2.03. The molecule has 22 heavy (non-hydrogen) atoms. The predicted molar refractivity (Wildman–Crippen MR) is 87.7 cm³/mol. The summed E-state index contributed by atoms with van der Waals surface area (Å²) in [5.41, 5.74) is 0.395. The number of hydrogen-bond acceptors (Lipinski definition) is 4. The Morgan fingerprint density at radius 3 is 2.45 bits per heavy atom. The Morgan fingerprint density at radius 2 is 1.95 bits per heavy atom. The van der Waals surface area contributed by atoms with Crippen molar-refractivity contribution in [2.45, 2.75) is 19.4 Å². The summed E-state index contributed by atoms with van der Waals surface area (Å²) < 4.78 is 30.0. The van der Waals surface area contributed by atoms with Crippen LogP contribution in [0.25, 0.3) is 0 Å². The van der Waals surface area contributed by atoms with Gasteiger partial charge in [0, 0.05) is 25.3 Å². The summed E-state index contributed by atoms with van der Waals surface area (Å²) in [6.07, 6.45) is 1.73. The van der Waals surface area contributed by atoms with Gasteiger partial charge >= 0.3 is 0 Å². The number of carbonyl (C=O) groups is 1. The number of carbonyl (C=O) groups excluding carboxylic acids is 1. The van der Waals surface area contributed by atoms with Crippen LogP contribution >= 0.6 is 11.6 Å². The largest absolute Gasteiger partial charge is 0.385 e. The Kier molecular flexibility index (Phi) is 7.12. The third kappa shape index (κ3) is 5.47. The van der Waals surface area contributed by atoms with Gasteiger partial charge < -0.3 is 10.1 Å². The summed E-state index contributed by atoms with van der Waals surface area (Å²) in [4.78, 5) is 12.2. The molecule has 1 amide bonds. The van der Waals surface area contributed by atoms with E-state index in [-0.39, 0.29) is 5.91 Å². The van der Waals surface area contributed by atoms with Crippen LogP contribution < -0.4 is 9.62 Å². The van der Waals surface area contributed by atoms with Crippen molar-refractivity contribution in [1.82, 2.24) is 5.32 Å². The summed E-state index contributed by atoms with van der Waals surface area (Å²) >= 11 is 5.81. The molecule has 0 saturated carbocycles. The molecule has 0 aliphatic carbocycles. The molecule has 0 spiro atoms. The molecule has 1 atom stereocenters. The van der Waals surface area contributed by atoms with Gasteiger partial charge in [0.2, 0.25) is 15.9 Å². The monoisotopic (exact) mass is 348 g/mol. The van der Waals surface area contributed by atoms with Crippen LogP contribution in [0.15, 0.2) is 24.3 Å². The normalized spacial score (nSPS) is 12.7. The molecule has 0 unspecified atom stereocenters. The molecule has 0 aliphatic rings. The quantitative estimate of drug-likeness (QED) is 0.725. The standard InChI is InChI=1S/C14H21ClN2O4S/c1-11(14(18)16-9-4-10-21-2)17(22(3,19)20)13-7-5-12(15)6-8-13/h5-8,11H,4,9-10H2,1-3H3,(H,16,18)/t11-/m0/s1. The topological polar surface area (TPSA) is 75.7 Å². The molecule has 6 nitrogen and oxygen atoms in total. The number of halogens is 1. The SMILES string of the molecule is COCCCNC(=O)[C@H](C)N(c1ccc(Cl)cc1)S(C)(=O)=O. The highest BCUT2D eigenvalue weighted by molar-refractivity contribution is 7.92. The second kappa shape index (κ2) is 8.36. The lowest BCUT2D eigenvalue weighted by molar-refractivity contribution is -0.121. The van der Waals surface area contributed by atoms with Gasteiger partial charge in [0.1, 0.15) is 6.04 Å². The van der Waals surface area contributed by atoms with Gasteiger partial charge in [0.15, 0.2) is 0 Å². The van der Waals surface area contributed by atoms with Gasteiger partial charge in [0.25, 0.3) is 0 Å². The molecule has 1 aromatic rings. The number of nitrogens with zero attached hydrogens (tertiary/aromatic N) is 1. The number of amides is 1. The highest BCUT2D eigenvalue weighted by atomic mass is 35.5. The van der Waals surface area contributed by atoms with E-state index >= 15 is 0 Å². The molecule has 1 N–H and O–H groups in total. The number of benzene rings is 1. The van der Waals surface area contributed by atoms with Gasteiger partial charge in [-0.05, 0) is 37.6 Å². The van der Waals surface area contributed by atoms with Crippen LogP contribution in [-0.4, -0.2) is 46.9 Å². The van der Waals surface area contributed by atoms with Crippen molar-refractivity contribution in [3.8, 4) is 0 Å². The lowest BCUT2D eigenvalue weighted by Gasteiger charge is -2.28. The Hall–Kier alpha value is -1.31. The fourth-order valence-electron chi connectivity index (χ4n) is 1.97. The van der Waals surface area contributed by atoms with E-state index in [0.29, 0.717) is 30.3 Å². The van der Waals surface area contributed by atoms with Gasteiger partial charge in [-0.25, -0.2) is 8.42 Å². The van der Waals surface area contributed by atoms with Crippen molar-refractivity contribution < 1.29 is 17.9 Å². The molecular formula is C14H21ClN2O4S. The van der Waals surface area contributed by atoms with E-state index in [1.54, 1.807) is 38.3 Å². The molecule has 1 aromatic carbocycles. The molecule has 8 heteroatoms. The van der Waals surface area contributed by atoms with E-state index in [9.17, 15) is 13.2 Å². The molecule has 0 fully saturated rings. The Bertz CT molecular complexity index is 589. The molecule has 0 aliphatic heterocycles. The first-order valence-corrected chi connectivity index (χ1v) is 9.01. The number of ether oxygens (including phenoxy) is 1. The molecule has 0 aromatic heterocycles. The van der Waals surface area contributed by atoms with Crippen molar-refractivity contribution in [3.63, 3.8) is 0 Å². The Labute approximate surface area is 136 Å². The molecule has 0 saturated heterocycles. The predicted octanol–water partition coefficient (Wildman–Crippen LogP) is 1.65. The first-order chi connectivity index (χ1) is 10.3. The first-order valence-electron chi connectivity index (χ1n) is 6.79. The number of methoxy groups -OCH3 is 1.